The maximum Gasteiger partial charge on any atom is 0.0367 e. The third-order valence-corrected chi connectivity index (χ3v) is 4.39. The molecule has 1 atom stereocenters. The van der Waals surface area contributed by atoms with Crippen molar-refractivity contribution in [2.24, 2.45) is 0 Å². The van der Waals surface area contributed by atoms with E-state index in [1.54, 1.807) is 0 Å². The molecule has 0 aliphatic carbocycles. The van der Waals surface area contributed by atoms with E-state index in [4.69, 9.17) is 0 Å². The maximum absolute atomic E-state index is 2.59. The molecule has 110 valence electrons. The Labute approximate surface area is 128 Å². The standard InChI is InChI=1S/C19H24N2/c1-17(18-8-4-2-5-9-18)16-20-12-14-21(15-13-20)19-10-6-3-7-11-19/h2-11,17H,12-16H2,1H3/t17-/m1/s1. The van der Waals surface area contributed by atoms with E-state index in [-0.39, 0.29) is 0 Å². The maximum atomic E-state index is 2.59. The Bertz CT molecular complexity index is 530. The lowest BCUT2D eigenvalue weighted by molar-refractivity contribution is 0.246. The Kier molecular flexibility index (Phi) is 4.56. The molecule has 0 amide bonds. The molecule has 3 rings (SSSR count). The van der Waals surface area contributed by atoms with Gasteiger partial charge in [0.1, 0.15) is 0 Å². The molecule has 1 aliphatic rings. The van der Waals surface area contributed by atoms with Crippen molar-refractivity contribution in [2.75, 3.05) is 37.6 Å². The van der Waals surface area contributed by atoms with Crippen LogP contribution in [0.5, 0.6) is 0 Å². The molecule has 0 spiro atoms. The van der Waals surface area contributed by atoms with Gasteiger partial charge in [-0.15, -0.1) is 0 Å². The summed E-state index contributed by atoms with van der Waals surface area (Å²) in [5, 5.41) is 0. The normalized spacial score (nSPS) is 17.7. The lowest BCUT2D eigenvalue weighted by Gasteiger charge is -2.37. The first-order chi connectivity index (χ1) is 10.3. The van der Waals surface area contributed by atoms with E-state index in [1.807, 2.05) is 0 Å². The Morgan fingerprint density at radius 2 is 1.38 bits per heavy atom. The molecule has 2 aromatic rings. The number of para-hydroxylation sites is 1. The van der Waals surface area contributed by atoms with Gasteiger partial charge in [-0.1, -0.05) is 55.5 Å². The summed E-state index contributed by atoms with van der Waals surface area (Å²) in [6, 6.07) is 21.6. The number of benzene rings is 2. The first-order valence-electron chi connectivity index (χ1n) is 7.90. The zero-order valence-corrected chi connectivity index (χ0v) is 12.8. The molecule has 2 nitrogen and oxygen atoms in total. The highest BCUT2D eigenvalue weighted by atomic mass is 15.3. The van der Waals surface area contributed by atoms with E-state index in [0.717, 1.165) is 32.7 Å². The van der Waals surface area contributed by atoms with E-state index in [2.05, 4.69) is 77.4 Å². The third-order valence-electron chi connectivity index (χ3n) is 4.39. The smallest absolute Gasteiger partial charge is 0.0367 e. The van der Waals surface area contributed by atoms with Crippen LogP contribution in [0.1, 0.15) is 18.4 Å². The van der Waals surface area contributed by atoms with Gasteiger partial charge < -0.3 is 4.90 Å². The van der Waals surface area contributed by atoms with Crippen molar-refractivity contribution >= 4 is 5.69 Å². The van der Waals surface area contributed by atoms with Gasteiger partial charge in [0.05, 0.1) is 0 Å². The third kappa shape index (κ3) is 3.64. The van der Waals surface area contributed by atoms with Gasteiger partial charge >= 0.3 is 0 Å². The Morgan fingerprint density at radius 3 is 2.00 bits per heavy atom. The lowest BCUT2D eigenvalue weighted by atomic mass is 10.0. The average molecular weight is 280 g/mol. The molecule has 1 aliphatic heterocycles. The van der Waals surface area contributed by atoms with Crippen molar-refractivity contribution in [3.05, 3.63) is 66.2 Å². The van der Waals surface area contributed by atoms with E-state index in [9.17, 15) is 0 Å². The molecule has 2 heteroatoms. The predicted molar refractivity (Wildman–Crippen MR) is 90.0 cm³/mol. The molecule has 0 aromatic heterocycles. The summed E-state index contributed by atoms with van der Waals surface area (Å²) in [7, 11) is 0. The highest BCUT2D eigenvalue weighted by molar-refractivity contribution is 5.46. The predicted octanol–water partition coefficient (Wildman–Crippen LogP) is 3.61. The molecule has 0 unspecified atom stereocenters. The second-order valence-corrected chi connectivity index (χ2v) is 5.93. The fourth-order valence-corrected chi connectivity index (χ4v) is 3.10. The Hall–Kier alpha value is -1.80. The number of piperazine rings is 1. The number of rotatable bonds is 4. The minimum absolute atomic E-state index is 0.606. The van der Waals surface area contributed by atoms with Gasteiger partial charge in [0.2, 0.25) is 0 Å². The van der Waals surface area contributed by atoms with Gasteiger partial charge in [0.25, 0.3) is 0 Å². The van der Waals surface area contributed by atoms with Crippen LogP contribution in [-0.4, -0.2) is 37.6 Å². The molecule has 1 heterocycles. The topological polar surface area (TPSA) is 6.48 Å². The first kappa shape index (κ1) is 14.2. The van der Waals surface area contributed by atoms with Crippen LogP contribution < -0.4 is 4.90 Å². The van der Waals surface area contributed by atoms with Crippen LogP contribution in [0.15, 0.2) is 60.7 Å². The van der Waals surface area contributed by atoms with Gasteiger partial charge in [-0.3, -0.25) is 4.90 Å². The van der Waals surface area contributed by atoms with Crippen molar-refractivity contribution in [3.63, 3.8) is 0 Å². The minimum atomic E-state index is 0.606. The largest absolute Gasteiger partial charge is 0.369 e. The summed E-state index contributed by atoms with van der Waals surface area (Å²) < 4.78 is 0. The van der Waals surface area contributed by atoms with Crippen LogP contribution in [-0.2, 0) is 0 Å². The summed E-state index contributed by atoms with van der Waals surface area (Å²) in [4.78, 5) is 5.08. The summed E-state index contributed by atoms with van der Waals surface area (Å²) in [5.41, 5.74) is 2.80. The molecule has 2 aromatic carbocycles. The van der Waals surface area contributed by atoms with Crippen molar-refractivity contribution in [1.82, 2.24) is 4.90 Å². The number of anilines is 1. The van der Waals surface area contributed by atoms with Gasteiger partial charge in [0.15, 0.2) is 0 Å². The Balaban J connectivity index is 1.52. The highest BCUT2D eigenvalue weighted by Gasteiger charge is 2.19. The second-order valence-electron chi connectivity index (χ2n) is 5.93. The van der Waals surface area contributed by atoms with E-state index >= 15 is 0 Å². The highest BCUT2D eigenvalue weighted by Crippen LogP contribution is 2.19. The fraction of sp³-hybridized carbons (Fsp3) is 0.368. The SMILES string of the molecule is C[C@H](CN1CCN(c2ccccc2)CC1)c1ccccc1. The second kappa shape index (κ2) is 6.77. The van der Waals surface area contributed by atoms with Gasteiger partial charge in [0, 0.05) is 38.4 Å². The molecular formula is C19H24N2. The van der Waals surface area contributed by atoms with Crippen molar-refractivity contribution in [3.8, 4) is 0 Å². The monoisotopic (exact) mass is 280 g/mol. The fourth-order valence-electron chi connectivity index (χ4n) is 3.10. The zero-order chi connectivity index (χ0) is 14.5. The van der Waals surface area contributed by atoms with Crippen LogP contribution >= 0.6 is 0 Å². The van der Waals surface area contributed by atoms with Crippen LogP contribution in [0.25, 0.3) is 0 Å². The Morgan fingerprint density at radius 1 is 0.810 bits per heavy atom. The van der Waals surface area contributed by atoms with E-state index < -0.39 is 0 Å². The van der Waals surface area contributed by atoms with Gasteiger partial charge in [-0.25, -0.2) is 0 Å². The van der Waals surface area contributed by atoms with Crippen LogP contribution in [0.2, 0.25) is 0 Å². The molecular weight excluding hydrogens is 256 g/mol. The first-order valence-corrected chi connectivity index (χ1v) is 7.90. The minimum Gasteiger partial charge on any atom is -0.369 e. The number of nitrogens with zero attached hydrogens (tertiary/aromatic N) is 2. The van der Waals surface area contributed by atoms with Crippen molar-refractivity contribution in [1.29, 1.82) is 0 Å². The number of hydrogen-bond acceptors (Lipinski definition) is 2. The molecule has 1 saturated heterocycles. The van der Waals surface area contributed by atoms with E-state index in [0.29, 0.717) is 5.92 Å². The number of hydrogen-bond donors (Lipinski definition) is 0. The molecule has 0 radical (unpaired) electrons. The van der Waals surface area contributed by atoms with Crippen LogP contribution in [0.3, 0.4) is 0 Å². The van der Waals surface area contributed by atoms with Crippen LogP contribution in [0.4, 0.5) is 5.69 Å². The summed E-state index contributed by atoms with van der Waals surface area (Å²) >= 11 is 0. The van der Waals surface area contributed by atoms with E-state index in [1.165, 1.54) is 11.3 Å². The zero-order valence-electron chi connectivity index (χ0n) is 12.8. The van der Waals surface area contributed by atoms with Gasteiger partial charge in [-0.05, 0) is 23.6 Å². The van der Waals surface area contributed by atoms with Crippen molar-refractivity contribution < 1.29 is 0 Å². The molecule has 0 bridgehead atoms. The van der Waals surface area contributed by atoms with Gasteiger partial charge in [-0.2, -0.15) is 0 Å². The lowest BCUT2D eigenvalue weighted by Crippen LogP contribution is -2.47. The molecule has 0 saturated carbocycles. The van der Waals surface area contributed by atoms with Crippen LogP contribution in [0, 0.1) is 0 Å². The summed E-state index contributed by atoms with van der Waals surface area (Å²) in [6.07, 6.45) is 0. The average Bonchev–Trinajstić information content (AvgIpc) is 2.57. The molecule has 21 heavy (non-hydrogen) atoms. The molecule has 1 fully saturated rings. The molecule has 0 N–H and O–H groups in total. The quantitative estimate of drug-likeness (QED) is 0.844. The van der Waals surface area contributed by atoms with Crippen molar-refractivity contribution in [2.45, 2.75) is 12.8 Å². The summed E-state index contributed by atoms with van der Waals surface area (Å²) in [5.74, 6) is 0.606. The summed E-state index contributed by atoms with van der Waals surface area (Å²) in [6.45, 7) is 8.07.